The van der Waals surface area contributed by atoms with Crippen LogP contribution < -0.4 is 0 Å². The topological polar surface area (TPSA) is 40.5 Å². The van der Waals surface area contributed by atoms with Crippen LogP contribution in [0.25, 0.3) is 0 Å². The predicted molar refractivity (Wildman–Crippen MR) is 85.4 cm³/mol. The highest BCUT2D eigenvalue weighted by molar-refractivity contribution is 5.75. The lowest BCUT2D eigenvalue weighted by Gasteiger charge is -2.39. The molecule has 0 amide bonds. The number of nitrogens with zero attached hydrogens (tertiary/aromatic N) is 1. The van der Waals surface area contributed by atoms with Crippen LogP contribution in [0, 0.1) is 5.41 Å². The lowest BCUT2D eigenvalue weighted by molar-refractivity contribution is -0.152. The molecule has 0 aromatic heterocycles. The number of aryl methyl sites for hydroxylation is 1. The summed E-state index contributed by atoms with van der Waals surface area (Å²) >= 11 is 0. The van der Waals surface area contributed by atoms with Gasteiger partial charge in [-0.2, -0.15) is 0 Å². The first-order chi connectivity index (χ1) is 10.2. The summed E-state index contributed by atoms with van der Waals surface area (Å²) in [5, 5.41) is 9.50. The largest absolute Gasteiger partial charge is 0.481 e. The molecule has 0 aliphatic carbocycles. The Morgan fingerprint density at radius 1 is 1.29 bits per heavy atom. The number of hydrogen-bond donors (Lipinski definition) is 1. The first-order valence-electron chi connectivity index (χ1n) is 8.16. The second-order valence-corrected chi connectivity index (χ2v) is 6.26. The average Bonchev–Trinajstić information content (AvgIpc) is 2.52. The number of carboxylic acids is 1. The standard InChI is InChI=1S/C18H27NO2/c1-2-18(17(20)21)12-8-14-19(15-18)13-7-6-11-16-9-4-3-5-10-16/h3-5,9-10H,2,6-8,11-15H2,1H3,(H,20,21). The van der Waals surface area contributed by atoms with Gasteiger partial charge in [0.25, 0.3) is 0 Å². The van der Waals surface area contributed by atoms with Crippen molar-refractivity contribution in [2.75, 3.05) is 19.6 Å². The molecule has 1 aromatic rings. The van der Waals surface area contributed by atoms with Crippen molar-refractivity contribution >= 4 is 5.97 Å². The molecule has 0 saturated carbocycles. The summed E-state index contributed by atoms with van der Waals surface area (Å²) in [6.07, 6.45) is 6.02. The van der Waals surface area contributed by atoms with Gasteiger partial charge in [0.2, 0.25) is 0 Å². The second kappa shape index (κ2) is 7.60. The smallest absolute Gasteiger partial charge is 0.310 e. The van der Waals surface area contributed by atoms with Crippen molar-refractivity contribution in [3.63, 3.8) is 0 Å². The van der Waals surface area contributed by atoms with E-state index in [2.05, 4.69) is 29.2 Å². The maximum Gasteiger partial charge on any atom is 0.310 e. The molecular weight excluding hydrogens is 262 g/mol. The molecule has 0 spiro atoms. The number of hydrogen-bond acceptors (Lipinski definition) is 2. The van der Waals surface area contributed by atoms with Gasteiger partial charge >= 0.3 is 5.97 Å². The summed E-state index contributed by atoms with van der Waals surface area (Å²) in [7, 11) is 0. The van der Waals surface area contributed by atoms with E-state index >= 15 is 0 Å². The highest BCUT2D eigenvalue weighted by Crippen LogP contribution is 2.33. The van der Waals surface area contributed by atoms with E-state index < -0.39 is 11.4 Å². The van der Waals surface area contributed by atoms with E-state index in [1.807, 2.05) is 13.0 Å². The maximum absolute atomic E-state index is 11.5. The number of piperidine rings is 1. The Hall–Kier alpha value is -1.35. The molecule has 2 rings (SSSR count). The van der Waals surface area contributed by atoms with Crippen LogP contribution in [0.5, 0.6) is 0 Å². The van der Waals surface area contributed by atoms with Gasteiger partial charge in [-0.25, -0.2) is 0 Å². The minimum absolute atomic E-state index is 0.502. The average molecular weight is 289 g/mol. The molecular formula is C18H27NO2. The third kappa shape index (κ3) is 4.31. The van der Waals surface area contributed by atoms with E-state index in [0.717, 1.165) is 51.7 Å². The van der Waals surface area contributed by atoms with Crippen LogP contribution in [0.15, 0.2) is 30.3 Å². The highest BCUT2D eigenvalue weighted by Gasteiger charge is 2.40. The van der Waals surface area contributed by atoms with Crippen molar-refractivity contribution < 1.29 is 9.90 Å². The van der Waals surface area contributed by atoms with E-state index in [9.17, 15) is 9.90 Å². The molecule has 1 saturated heterocycles. The number of aliphatic carboxylic acids is 1. The monoisotopic (exact) mass is 289 g/mol. The van der Waals surface area contributed by atoms with Gasteiger partial charge in [0, 0.05) is 6.54 Å². The molecule has 0 radical (unpaired) electrons. The second-order valence-electron chi connectivity index (χ2n) is 6.26. The van der Waals surface area contributed by atoms with E-state index in [0.29, 0.717) is 0 Å². The lowest BCUT2D eigenvalue weighted by atomic mass is 9.77. The van der Waals surface area contributed by atoms with Crippen molar-refractivity contribution in [3.05, 3.63) is 35.9 Å². The van der Waals surface area contributed by atoms with E-state index in [1.54, 1.807) is 0 Å². The quantitative estimate of drug-likeness (QED) is 0.780. The first kappa shape index (κ1) is 16.0. The van der Waals surface area contributed by atoms with Crippen molar-refractivity contribution in [1.29, 1.82) is 0 Å². The van der Waals surface area contributed by atoms with Crippen molar-refractivity contribution in [2.45, 2.75) is 45.4 Å². The van der Waals surface area contributed by atoms with Crippen LogP contribution in [-0.4, -0.2) is 35.6 Å². The van der Waals surface area contributed by atoms with Gasteiger partial charge in [-0.15, -0.1) is 0 Å². The van der Waals surface area contributed by atoms with E-state index in [-0.39, 0.29) is 0 Å². The zero-order valence-electron chi connectivity index (χ0n) is 13.1. The maximum atomic E-state index is 11.5. The van der Waals surface area contributed by atoms with Crippen LogP contribution in [0.2, 0.25) is 0 Å². The number of likely N-dealkylation sites (tertiary alicyclic amines) is 1. The van der Waals surface area contributed by atoms with Gasteiger partial charge in [0.15, 0.2) is 0 Å². The van der Waals surface area contributed by atoms with Crippen LogP contribution in [0.3, 0.4) is 0 Å². The number of rotatable bonds is 7. The Kier molecular flexibility index (Phi) is 5.80. The van der Waals surface area contributed by atoms with Crippen LogP contribution in [-0.2, 0) is 11.2 Å². The lowest BCUT2D eigenvalue weighted by Crippen LogP contribution is -2.47. The molecule has 116 valence electrons. The number of carbonyl (C=O) groups is 1. The predicted octanol–water partition coefficient (Wildman–Crippen LogP) is 3.59. The van der Waals surface area contributed by atoms with Crippen molar-refractivity contribution in [1.82, 2.24) is 4.90 Å². The van der Waals surface area contributed by atoms with Gasteiger partial charge in [-0.05, 0) is 57.2 Å². The fourth-order valence-electron chi connectivity index (χ4n) is 3.34. The fraction of sp³-hybridized carbons (Fsp3) is 0.611. The van der Waals surface area contributed by atoms with Crippen molar-refractivity contribution in [2.24, 2.45) is 5.41 Å². The van der Waals surface area contributed by atoms with Crippen molar-refractivity contribution in [3.8, 4) is 0 Å². The zero-order chi connectivity index (χ0) is 15.1. The summed E-state index contributed by atoms with van der Waals surface area (Å²) in [6.45, 7) is 4.82. The van der Waals surface area contributed by atoms with Gasteiger partial charge in [0.1, 0.15) is 0 Å². The summed E-state index contributed by atoms with van der Waals surface area (Å²) in [4.78, 5) is 13.9. The van der Waals surface area contributed by atoms with Gasteiger partial charge in [0.05, 0.1) is 5.41 Å². The van der Waals surface area contributed by atoms with Crippen LogP contribution in [0.4, 0.5) is 0 Å². The third-order valence-corrected chi connectivity index (χ3v) is 4.82. The Balaban J connectivity index is 1.74. The third-order valence-electron chi connectivity index (χ3n) is 4.82. The van der Waals surface area contributed by atoms with E-state index in [4.69, 9.17) is 0 Å². The Morgan fingerprint density at radius 2 is 2.05 bits per heavy atom. The molecule has 1 heterocycles. The SMILES string of the molecule is CCC1(C(=O)O)CCCN(CCCCc2ccccc2)C1. The number of unbranched alkanes of at least 4 members (excludes halogenated alkanes) is 1. The molecule has 1 unspecified atom stereocenters. The first-order valence-corrected chi connectivity index (χ1v) is 8.16. The Morgan fingerprint density at radius 3 is 2.71 bits per heavy atom. The van der Waals surface area contributed by atoms with Crippen LogP contribution in [0.1, 0.15) is 44.6 Å². The van der Waals surface area contributed by atoms with E-state index in [1.165, 1.54) is 12.0 Å². The number of benzene rings is 1. The molecule has 0 bridgehead atoms. The van der Waals surface area contributed by atoms with Gasteiger partial charge in [-0.3, -0.25) is 4.79 Å². The zero-order valence-corrected chi connectivity index (χ0v) is 13.1. The molecule has 21 heavy (non-hydrogen) atoms. The summed E-state index contributed by atoms with van der Waals surface area (Å²) < 4.78 is 0. The molecule has 1 fully saturated rings. The molecule has 1 N–H and O–H groups in total. The molecule has 1 aliphatic rings. The molecule has 1 aromatic carbocycles. The summed E-state index contributed by atoms with van der Waals surface area (Å²) in [5.41, 5.74) is 0.891. The van der Waals surface area contributed by atoms with Gasteiger partial charge < -0.3 is 10.0 Å². The Labute approximate surface area is 128 Å². The Bertz CT molecular complexity index is 446. The minimum Gasteiger partial charge on any atom is -0.481 e. The molecule has 3 heteroatoms. The molecule has 1 atom stereocenters. The highest BCUT2D eigenvalue weighted by atomic mass is 16.4. The fourth-order valence-corrected chi connectivity index (χ4v) is 3.34. The normalized spacial score (nSPS) is 23.1. The summed E-state index contributed by atoms with van der Waals surface area (Å²) in [6, 6.07) is 10.6. The molecule has 3 nitrogen and oxygen atoms in total. The number of carboxylic acid groups (broad SMARTS) is 1. The van der Waals surface area contributed by atoms with Crippen LogP contribution >= 0.6 is 0 Å². The molecule has 1 aliphatic heterocycles. The minimum atomic E-state index is -0.612. The van der Waals surface area contributed by atoms with Gasteiger partial charge in [-0.1, -0.05) is 37.3 Å². The summed E-state index contributed by atoms with van der Waals surface area (Å²) in [5.74, 6) is -0.612.